The van der Waals surface area contributed by atoms with Crippen LogP contribution in [0, 0.1) is 17.5 Å². The largest absolute Gasteiger partial charge is 0.442 e. The van der Waals surface area contributed by atoms with E-state index >= 15 is 0 Å². The van der Waals surface area contributed by atoms with Crippen molar-refractivity contribution in [3.8, 4) is 0 Å². The molecule has 1 N–H and O–H groups in total. The SMILES string of the molecule is CCC(=O)NC[C@H]1CN(c2cc(F)c(N3Cc4cn(C)nc4C3)c(F)c2F)C(=O)O1. The van der Waals surface area contributed by atoms with Gasteiger partial charge in [0.1, 0.15) is 11.8 Å². The molecule has 1 aromatic carbocycles. The van der Waals surface area contributed by atoms with Gasteiger partial charge in [-0.25, -0.2) is 18.0 Å². The number of hydrogen-bond donors (Lipinski definition) is 1. The van der Waals surface area contributed by atoms with E-state index in [2.05, 4.69) is 10.4 Å². The van der Waals surface area contributed by atoms with Gasteiger partial charge in [0, 0.05) is 37.8 Å². The first-order valence-electron chi connectivity index (χ1n) is 9.47. The number of hydrogen-bond acceptors (Lipinski definition) is 5. The molecule has 8 nitrogen and oxygen atoms in total. The molecule has 1 fully saturated rings. The third-order valence-electron chi connectivity index (χ3n) is 5.14. The van der Waals surface area contributed by atoms with Crippen LogP contribution in [-0.4, -0.2) is 41.0 Å². The minimum Gasteiger partial charge on any atom is -0.442 e. The molecule has 0 radical (unpaired) electrons. The summed E-state index contributed by atoms with van der Waals surface area (Å²) >= 11 is 0. The van der Waals surface area contributed by atoms with Crippen LogP contribution in [0.1, 0.15) is 24.6 Å². The number of anilines is 2. The average Bonchev–Trinajstić information content (AvgIpc) is 3.35. The van der Waals surface area contributed by atoms with Crippen LogP contribution < -0.4 is 15.1 Å². The molecular weight excluding hydrogens is 403 g/mol. The van der Waals surface area contributed by atoms with Crippen LogP contribution in [-0.2, 0) is 29.7 Å². The van der Waals surface area contributed by atoms with Gasteiger partial charge in [0.15, 0.2) is 17.5 Å². The number of ether oxygens (including phenoxy) is 1. The smallest absolute Gasteiger partial charge is 0.414 e. The normalized spacial score (nSPS) is 18.0. The van der Waals surface area contributed by atoms with E-state index in [0.717, 1.165) is 16.5 Å². The van der Waals surface area contributed by atoms with Gasteiger partial charge >= 0.3 is 6.09 Å². The molecule has 11 heteroatoms. The van der Waals surface area contributed by atoms with Crippen molar-refractivity contribution in [2.75, 3.05) is 22.9 Å². The van der Waals surface area contributed by atoms with Crippen LogP contribution in [0.4, 0.5) is 29.3 Å². The maximum atomic E-state index is 14.8. The summed E-state index contributed by atoms with van der Waals surface area (Å²) in [5, 5.41) is 6.78. The zero-order valence-electron chi connectivity index (χ0n) is 16.4. The van der Waals surface area contributed by atoms with Crippen LogP contribution in [0.5, 0.6) is 0 Å². The standard InChI is InChI=1S/C19H20F3N5O3/c1-3-15(28)23-5-11-8-27(19(29)30-11)14-4-12(20)18(17(22)16(14)21)26-7-10-6-25(2)24-13(10)9-26/h4,6,11H,3,5,7-9H2,1-2H3,(H,23,28)/t11-/m0/s1. The highest BCUT2D eigenvalue weighted by atomic mass is 19.2. The lowest BCUT2D eigenvalue weighted by Crippen LogP contribution is -2.34. The first-order chi connectivity index (χ1) is 14.3. The number of fused-ring (bicyclic) bond motifs is 1. The monoisotopic (exact) mass is 423 g/mol. The van der Waals surface area contributed by atoms with Gasteiger partial charge in [-0.1, -0.05) is 6.92 Å². The second kappa shape index (κ2) is 7.54. The zero-order chi connectivity index (χ0) is 21.6. The Balaban J connectivity index is 1.55. The Morgan fingerprint density at radius 1 is 1.30 bits per heavy atom. The Morgan fingerprint density at radius 2 is 2.07 bits per heavy atom. The highest BCUT2D eigenvalue weighted by molar-refractivity contribution is 5.90. The summed E-state index contributed by atoms with van der Waals surface area (Å²) in [7, 11) is 1.74. The van der Waals surface area contributed by atoms with Crippen molar-refractivity contribution in [3.63, 3.8) is 0 Å². The molecule has 2 amide bonds. The number of cyclic esters (lactones) is 1. The van der Waals surface area contributed by atoms with E-state index in [1.54, 1.807) is 24.9 Å². The Kier molecular flexibility index (Phi) is 5.04. The molecule has 30 heavy (non-hydrogen) atoms. The molecule has 4 rings (SSSR count). The number of carbonyl (C=O) groups is 2. The number of carbonyl (C=O) groups excluding carboxylic acids is 2. The summed E-state index contributed by atoms with van der Waals surface area (Å²) in [6.45, 7) is 1.89. The van der Waals surface area contributed by atoms with E-state index in [4.69, 9.17) is 4.74 Å². The van der Waals surface area contributed by atoms with E-state index in [1.807, 2.05) is 0 Å². The molecule has 0 unspecified atom stereocenters. The van der Waals surface area contributed by atoms with Crippen LogP contribution in [0.3, 0.4) is 0 Å². The first kappa shape index (κ1) is 20.0. The van der Waals surface area contributed by atoms with Crippen LogP contribution in [0.25, 0.3) is 0 Å². The van der Waals surface area contributed by atoms with Gasteiger partial charge in [-0.2, -0.15) is 5.10 Å². The van der Waals surface area contributed by atoms with Gasteiger partial charge in [-0.3, -0.25) is 14.4 Å². The predicted octanol–water partition coefficient (Wildman–Crippen LogP) is 2.21. The lowest BCUT2D eigenvalue weighted by molar-refractivity contribution is -0.121. The molecule has 2 aliphatic rings. The van der Waals surface area contributed by atoms with Gasteiger partial charge < -0.3 is 15.0 Å². The highest BCUT2D eigenvalue weighted by Gasteiger charge is 2.37. The molecule has 2 aliphatic heterocycles. The summed E-state index contributed by atoms with van der Waals surface area (Å²) in [4.78, 5) is 25.7. The molecule has 0 spiro atoms. The molecule has 1 atom stereocenters. The minimum absolute atomic E-state index is 0.0268. The predicted molar refractivity (Wildman–Crippen MR) is 100 cm³/mol. The molecule has 0 bridgehead atoms. The van der Waals surface area contributed by atoms with E-state index in [1.165, 1.54) is 4.90 Å². The van der Waals surface area contributed by atoms with Gasteiger partial charge in [0.2, 0.25) is 5.91 Å². The van der Waals surface area contributed by atoms with E-state index < -0.39 is 41.0 Å². The molecule has 0 aliphatic carbocycles. The van der Waals surface area contributed by atoms with Crippen molar-refractivity contribution in [1.82, 2.24) is 15.1 Å². The number of halogens is 3. The van der Waals surface area contributed by atoms with Gasteiger partial charge in [0.05, 0.1) is 31.0 Å². The lowest BCUT2D eigenvalue weighted by atomic mass is 10.2. The Morgan fingerprint density at radius 3 is 2.77 bits per heavy atom. The molecule has 3 heterocycles. The number of rotatable bonds is 5. The van der Waals surface area contributed by atoms with Crippen molar-refractivity contribution in [3.05, 3.63) is 41.0 Å². The van der Waals surface area contributed by atoms with Crippen LogP contribution >= 0.6 is 0 Å². The summed E-state index contributed by atoms with van der Waals surface area (Å²) in [6.07, 6.45) is 0.313. The minimum atomic E-state index is -1.38. The van der Waals surface area contributed by atoms with Crippen molar-refractivity contribution in [1.29, 1.82) is 0 Å². The number of benzene rings is 1. The van der Waals surface area contributed by atoms with Crippen LogP contribution in [0.15, 0.2) is 12.3 Å². The molecule has 160 valence electrons. The summed E-state index contributed by atoms with van der Waals surface area (Å²) in [6, 6.07) is 0.790. The van der Waals surface area contributed by atoms with Gasteiger partial charge in [-0.15, -0.1) is 0 Å². The molecule has 1 aromatic heterocycles. The fourth-order valence-electron chi connectivity index (χ4n) is 3.69. The van der Waals surface area contributed by atoms with Crippen molar-refractivity contribution >= 4 is 23.4 Å². The Bertz CT molecular complexity index is 1000. The quantitative estimate of drug-likeness (QED) is 0.746. The third kappa shape index (κ3) is 3.44. The summed E-state index contributed by atoms with van der Waals surface area (Å²) < 4.78 is 51.2. The van der Waals surface area contributed by atoms with E-state index in [-0.39, 0.29) is 38.5 Å². The molecule has 2 aromatic rings. The number of amides is 2. The number of aryl methyl sites for hydroxylation is 1. The topological polar surface area (TPSA) is 79.7 Å². The first-order valence-corrected chi connectivity index (χ1v) is 9.47. The fourth-order valence-corrected chi connectivity index (χ4v) is 3.69. The van der Waals surface area contributed by atoms with E-state index in [0.29, 0.717) is 5.69 Å². The van der Waals surface area contributed by atoms with Crippen molar-refractivity contribution in [2.45, 2.75) is 32.5 Å². The molecular formula is C19H20F3N5O3. The Labute approximate surface area is 170 Å². The zero-order valence-corrected chi connectivity index (χ0v) is 16.4. The number of aromatic nitrogens is 2. The number of nitrogens with zero attached hydrogens (tertiary/aromatic N) is 4. The molecule has 1 saturated heterocycles. The Hall–Kier alpha value is -3.24. The van der Waals surface area contributed by atoms with Gasteiger partial charge in [0.25, 0.3) is 0 Å². The van der Waals surface area contributed by atoms with Crippen LogP contribution in [0.2, 0.25) is 0 Å². The van der Waals surface area contributed by atoms with Crippen molar-refractivity contribution < 1.29 is 27.5 Å². The lowest BCUT2D eigenvalue weighted by Gasteiger charge is -2.22. The highest BCUT2D eigenvalue weighted by Crippen LogP contribution is 2.37. The van der Waals surface area contributed by atoms with Gasteiger partial charge in [-0.05, 0) is 0 Å². The van der Waals surface area contributed by atoms with E-state index in [9.17, 15) is 22.8 Å². The fraction of sp³-hybridized carbons (Fsp3) is 0.421. The second-order valence-corrected chi connectivity index (χ2v) is 7.26. The maximum absolute atomic E-state index is 14.8. The summed E-state index contributed by atoms with van der Waals surface area (Å²) in [5.74, 6) is -3.95. The summed E-state index contributed by atoms with van der Waals surface area (Å²) in [5.41, 5.74) is 0.428. The average molecular weight is 423 g/mol. The second-order valence-electron chi connectivity index (χ2n) is 7.26. The number of nitrogens with one attached hydrogen (secondary N) is 1. The third-order valence-corrected chi connectivity index (χ3v) is 5.14. The maximum Gasteiger partial charge on any atom is 0.414 e. The molecule has 0 saturated carbocycles. The van der Waals surface area contributed by atoms with Crippen molar-refractivity contribution in [2.24, 2.45) is 7.05 Å².